The zero-order valence-electron chi connectivity index (χ0n) is 7.92. The van der Waals surface area contributed by atoms with Crippen LogP contribution in [0.2, 0.25) is 0 Å². The van der Waals surface area contributed by atoms with Crippen LogP contribution >= 0.6 is 0 Å². The Bertz CT molecular complexity index is 238. The van der Waals surface area contributed by atoms with Crippen molar-refractivity contribution in [3.8, 4) is 0 Å². The maximum Gasteiger partial charge on any atom is 0.208 e. The molecule has 0 fully saturated rings. The van der Waals surface area contributed by atoms with Gasteiger partial charge in [0.25, 0.3) is 0 Å². The molecule has 0 saturated heterocycles. The van der Waals surface area contributed by atoms with Gasteiger partial charge in [-0.25, -0.2) is 13.1 Å². The Balaban J connectivity index is 3.41. The number of allylic oxidation sites excluding steroid dienone is 2. The number of hydrogen-bond donors (Lipinski definition) is 1. The van der Waals surface area contributed by atoms with Gasteiger partial charge in [-0.1, -0.05) is 11.6 Å². The van der Waals surface area contributed by atoms with Gasteiger partial charge >= 0.3 is 0 Å². The highest BCUT2D eigenvalue weighted by Crippen LogP contribution is 1.95. The number of rotatable bonds is 5. The van der Waals surface area contributed by atoms with E-state index in [9.17, 15) is 8.42 Å². The Morgan fingerprint density at radius 2 is 2.00 bits per heavy atom. The summed E-state index contributed by atoms with van der Waals surface area (Å²) in [5.74, 6) is 0. The van der Waals surface area contributed by atoms with E-state index in [-0.39, 0.29) is 0 Å². The van der Waals surface area contributed by atoms with Gasteiger partial charge in [0, 0.05) is 6.54 Å². The van der Waals surface area contributed by atoms with E-state index in [0.717, 1.165) is 12.8 Å². The Hall–Kier alpha value is -0.350. The topological polar surface area (TPSA) is 46.2 Å². The molecule has 0 aromatic carbocycles. The van der Waals surface area contributed by atoms with Gasteiger partial charge in [-0.05, 0) is 26.7 Å². The third-order valence-corrected chi connectivity index (χ3v) is 2.03. The maximum absolute atomic E-state index is 10.6. The Kier molecular flexibility index (Phi) is 5.17. The van der Waals surface area contributed by atoms with Crippen LogP contribution in [0.3, 0.4) is 0 Å². The lowest BCUT2D eigenvalue weighted by Gasteiger charge is -1.99. The summed E-state index contributed by atoms with van der Waals surface area (Å²) in [6.45, 7) is 4.59. The highest BCUT2D eigenvalue weighted by molar-refractivity contribution is 7.88. The van der Waals surface area contributed by atoms with E-state index in [1.165, 1.54) is 11.8 Å². The Morgan fingerprint density at radius 1 is 1.42 bits per heavy atom. The van der Waals surface area contributed by atoms with Crippen molar-refractivity contribution in [3.05, 3.63) is 11.6 Å². The fraction of sp³-hybridized carbons (Fsp3) is 0.750. The molecule has 3 nitrogen and oxygen atoms in total. The van der Waals surface area contributed by atoms with Crippen LogP contribution in [-0.2, 0) is 10.0 Å². The van der Waals surface area contributed by atoms with Gasteiger partial charge in [0.1, 0.15) is 0 Å². The van der Waals surface area contributed by atoms with Crippen LogP contribution in [0.25, 0.3) is 0 Å². The van der Waals surface area contributed by atoms with Crippen LogP contribution in [0.1, 0.15) is 26.7 Å². The summed E-state index contributed by atoms with van der Waals surface area (Å²) in [5.41, 5.74) is 1.27. The number of unbranched alkanes of at least 4 members (excludes halogenated alkanes) is 1. The summed E-state index contributed by atoms with van der Waals surface area (Å²) in [6.07, 6.45) is 5.07. The normalized spacial score (nSPS) is 11.2. The van der Waals surface area contributed by atoms with E-state index in [0.29, 0.717) is 6.54 Å². The van der Waals surface area contributed by atoms with Gasteiger partial charge in [-0.15, -0.1) is 0 Å². The summed E-state index contributed by atoms with van der Waals surface area (Å²) in [4.78, 5) is 0. The van der Waals surface area contributed by atoms with Crippen molar-refractivity contribution in [1.82, 2.24) is 4.72 Å². The zero-order chi connectivity index (χ0) is 9.61. The van der Waals surface area contributed by atoms with Crippen molar-refractivity contribution in [2.75, 3.05) is 12.8 Å². The highest BCUT2D eigenvalue weighted by atomic mass is 32.2. The SMILES string of the molecule is CC(C)=CCCCNS(C)(=O)=O. The monoisotopic (exact) mass is 191 g/mol. The fourth-order valence-electron chi connectivity index (χ4n) is 0.750. The van der Waals surface area contributed by atoms with Gasteiger partial charge < -0.3 is 0 Å². The number of sulfonamides is 1. The molecule has 0 heterocycles. The van der Waals surface area contributed by atoms with Gasteiger partial charge in [-0.2, -0.15) is 0 Å². The van der Waals surface area contributed by atoms with E-state index in [1.54, 1.807) is 0 Å². The summed E-state index contributed by atoms with van der Waals surface area (Å²) >= 11 is 0. The summed E-state index contributed by atoms with van der Waals surface area (Å²) in [6, 6.07) is 0. The molecule has 0 rings (SSSR count). The van der Waals surface area contributed by atoms with Crippen molar-refractivity contribution < 1.29 is 8.42 Å². The lowest BCUT2D eigenvalue weighted by molar-refractivity contribution is 0.585. The zero-order valence-corrected chi connectivity index (χ0v) is 8.74. The van der Waals surface area contributed by atoms with Crippen LogP contribution in [0.4, 0.5) is 0 Å². The molecule has 0 aromatic heterocycles. The predicted molar refractivity (Wildman–Crippen MR) is 51.5 cm³/mol. The highest BCUT2D eigenvalue weighted by Gasteiger charge is 1.96. The van der Waals surface area contributed by atoms with Crippen molar-refractivity contribution in [3.63, 3.8) is 0 Å². The Labute approximate surface area is 74.9 Å². The molecule has 0 radical (unpaired) electrons. The smallest absolute Gasteiger partial charge is 0.208 e. The van der Waals surface area contributed by atoms with E-state index in [2.05, 4.69) is 10.8 Å². The molecule has 4 heteroatoms. The molecule has 0 aliphatic carbocycles. The molecule has 12 heavy (non-hydrogen) atoms. The second-order valence-electron chi connectivity index (χ2n) is 3.09. The minimum absolute atomic E-state index is 0.530. The van der Waals surface area contributed by atoms with E-state index >= 15 is 0 Å². The van der Waals surface area contributed by atoms with Crippen molar-refractivity contribution >= 4 is 10.0 Å². The van der Waals surface area contributed by atoms with E-state index in [1.807, 2.05) is 13.8 Å². The molecule has 1 N–H and O–H groups in total. The quantitative estimate of drug-likeness (QED) is 0.525. The molecule has 0 saturated carbocycles. The van der Waals surface area contributed by atoms with E-state index in [4.69, 9.17) is 0 Å². The largest absolute Gasteiger partial charge is 0.215 e. The first-order valence-corrected chi connectivity index (χ1v) is 5.89. The molecular formula is C8H17NO2S. The number of hydrogen-bond acceptors (Lipinski definition) is 2. The molecule has 0 amide bonds. The average molecular weight is 191 g/mol. The first kappa shape index (κ1) is 11.6. The van der Waals surface area contributed by atoms with Crippen LogP contribution in [0.15, 0.2) is 11.6 Å². The van der Waals surface area contributed by atoms with Crippen molar-refractivity contribution in [2.24, 2.45) is 0 Å². The molecule has 72 valence electrons. The van der Waals surface area contributed by atoms with Crippen molar-refractivity contribution in [2.45, 2.75) is 26.7 Å². The van der Waals surface area contributed by atoms with Crippen molar-refractivity contribution in [1.29, 1.82) is 0 Å². The van der Waals surface area contributed by atoms with Crippen LogP contribution in [-0.4, -0.2) is 21.2 Å². The van der Waals surface area contributed by atoms with Gasteiger partial charge in [0.05, 0.1) is 6.26 Å². The third kappa shape index (κ3) is 9.65. The van der Waals surface area contributed by atoms with Gasteiger partial charge in [0.2, 0.25) is 10.0 Å². The van der Waals surface area contributed by atoms with Crippen LogP contribution in [0, 0.1) is 0 Å². The predicted octanol–water partition coefficient (Wildman–Crippen LogP) is 1.28. The lowest BCUT2D eigenvalue weighted by Crippen LogP contribution is -2.22. The molecule has 0 atom stereocenters. The molecule has 0 spiro atoms. The fourth-order valence-corrected chi connectivity index (χ4v) is 1.27. The minimum atomic E-state index is -3.00. The van der Waals surface area contributed by atoms with Gasteiger partial charge in [-0.3, -0.25) is 0 Å². The summed E-state index contributed by atoms with van der Waals surface area (Å²) < 4.78 is 23.6. The molecular weight excluding hydrogens is 174 g/mol. The molecule has 0 aliphatic heterocycles. The van der Waals surface area contributed by atoms with Crippen LogP contribution in [0.5, 0.6) is 0 Å². The third-order valence-electron chi connectivity index (χ3n) is 1.30. The molecule has 0 aliphatic rings. The number of nitrogens with one attached hydrogen (secondary N) is 1. The average Bonchev–Trinajstić information content (AvgIpc) is 1.83. The van der Waals surface area contributed by atoms with Gasteiger partial charge in [0.15, 0.2) is 0 Å². The van der Waals surface area contributed by atoms with E-state index < -0.39 is 10.0 Å². The summed E-state index contributed by atoms with van der Waals surface area (Å²) in [5, 5.41) is 0. The minimum Gasteiger partial charge on any atom is -0.215 e. The first-order valence-electron chi connectivity index (χ1n) is 4.00. The lowest BCUT2D eigenvalue weighted by atomic mass is 10.2. The van der Waals surface area contributed by atoms with Crippen LogP contribution < -0.4 is 4.72 Å². The summed E-state index contributed by atoms with van der Waals surface area (Å²) in [7, 11) is -3.00. The first-order chi connectivity index (χ1) is 5.42. The molecule has 0 bridgehead atoms. The molecule has 0 aromatic rings. The maximum atomic E-state index is 10.6. The second-order valence-corrected chi connectivity index (χ2v) is 4.92. The molecule has 0 unspecified atom stereocenters. The standard InChI is InChI=1S/C8H17NO2S/c1-8(2)6-4-5-7-9-12(3,10)11/h6,9H,4-5,7H2,1-3H3. The Morgan fingerprint density at radius 3 is 2.42 bits per heavy atom. The second kappa shape index (κ2) is 5.32.